The summed E-state index contributed by atoms with van der Waals surface area (Å²) in [4.78, 5) is 18.6. The van der Waals surface area contributed by atoms with E-state index in [1.165, 1.54) is 6.42 Å². The smallest absolute Gasteiger partial charge is 0.242 e. The molecule has 2 aromatic heterocycles. The normalized spacial score (nSPS) is 16.0. The lowest BCUT2D eigenvalue weighted by Crippen LogP contribution is -2.38. The number of carbonyl (C=O) groups is 1. The molecule has 0 aromatic carbocycles. The van der Waals surface area contributed by atoms with Crippen LogP contribution in [0.5, 0.6) is 0 Å². The second-order valence-electron chi connectivity index (χ2n) is 5.38. The molecule has 0 saturated carbocycles. The molecule has 20 heavy (non-hydrogen) atoms. The topological polar surface area (TPSA) is 82.0 Å². The van der Waals surface area contributed by atoms with Gasteiger partial charge in [-0.2, -0.15) is 5.10 Å². The number of rotatable bonds is 2. The number of nitrogens with two attached hydrogens (primary N) is 1. The van der Waals surface area contributed by atoms with Crippen LogP contribution in [-0.2, 0) is 18.4 Å². The minimum absolute atomic E-state index is 0.106. The van der Waals surface area contributed by atoms with Gasteiger partial charge < -0.3 is 10.6 Å². The predicted molar refractivity (Wildman–Crippen MR) is 76.1 cm³/mol. The summed E-state index contributed by atoms with van der Waals surface area (Å²) in [6.07, 6.45) is 3.39. The Bertz CT molecular complexity index is 649. The Morgan fingerprint density at radius 1 is 1.30 bits per heavy atom. The van der Waals surface area contributed by atoms with Crippen LogP contribution >= 0.6 is 0 Å². The minimum atomic E-state index is 0.106. The summed E-state index contributed by atoms with van der Waals surface area (Å²) >= 11 is 0. The van der Waals surface area contributed by atoms with E-state index in [2.05, 4.69) is 10.1 Å². The number of likely N-dealkylation sites (tertiary alicyclic amines) is 1. The van der Waals surface area contributed by atoms with Crippen molar-refractivity contribution >= 4 is 23.0 Å². The first-order valence-electron chi connectivity index (χ1n) is 7.01. The molecule has 7 heteroatoms. The van der Waals surface area contributed by atoms with E-state index < -0.39 is 0 Å². The summed E-state index contributed by atoms with van der Waals surface area (Å²) in [7, 11) is 1.85. The number of hydrogen-bond donors (Lipinski definition) is 1. The second-order valence-corrected chi connectivity index (χ2v) is 5.38. The summed E-state index contributed by atoms with van der Waals surface area (Å²) in [6, 6.07) is 0. The van der Waals surface area contributed by atoms with Gasteiger partial charge in [-0.3, -0.25) is 14.0 Å². The lowest BCUT2D eigenvalue weighted by atomic mass is 10.1. The second kappa shape index (κ2) is 4.81. The van der Waals surface area contributed by atoms with Crippen molar-refractivity contribution in [3.63, 3.8) is 0 Å². The highest BCUT2D eigenvalue weighted by Gasteiger charge is 2.21. The van der Waals surface area contributed by atoms with Crippen LogP contribution in [0.3, 0.4) is 0 Å². The number of aryl methyl sites for hydroxylation is 2. The van der Waals surface area contributed by atoms with Gasteiger partial charge in [0.15, 0.2) is 5.65 Å². The van der Waals surface area contributed by atoms with Gasteiger partial charge in [0.05, 0.1) is 5.69 Å². The van der Waals surface area contributed by atoms with E-state index in [-0.39, 0.29) is 12.5 Å². The van der Waals surface area contributed by atoms with E-state index in [4.69, 9.17) is 5.73 Å². The van der Waals surface area contributed by atoms with E-state index in [0.29, 0.717) is 5.95 Å². The van der Waals surface area contributed by atoms with E-state index in [1.807, 2.05) is 18.9 Å². The molecule has 108 valence electrons. The molecule has 3 rings (SSSR count). The Hall–Kier alpha value is -2.05. The van der Waals surface area contributed by atoms with Crippen molar-refractivity contribution < 1.29 is 4.79 Å². The molecule has 0 unspecified atom stereocenters. The third kappa shape index (κ3) is 2.03. The van der Waals surface area contributed by atoms with Crippen molar-refractivity contribution in [3.8, 4) is 0 Å². The molecule has 1 aliphatic heterocycles. The van der Waals surface area contributed by atoms with Crippen molar-refractivity contribution in [2.75, 3.05) is 18.8 Å². The van der Waals surface area contributed by atoms with Crippen molar-refractivity contribution in [1.29, 1.82) is 0 Å². The van der Waals surface area contributed by atoms with Crippen LogP contribution in [0.4, 0.5) is 5.95 Å². The molecule has 0 aliphatic carbocycles. The van der Waals surface area contributed by atoms with Crippen LogP contribution in [0, 0.1) is 6.92 Å². The first-order chi connectivity index (χ1) is 9.58. The minimum Gasteiger partial charge on any atom is -0.369 e. The van der Waals surface area contributed by atoms with Crippen molar-refractivity contribution in [1.82, 2.24) is 24.2 Å². The zero-order chi connectivity index (χ0) is 14.3. The largest absolute Gasteiger partial charge is 0.369 e. The van der Waals surface area contributed by atoms with E-state index >= 15 is 0 Å². The van der Waals surface area contributed by atoms with E-state index in [0.717, 1.165) is 42.8 Å². The van der Waals surface area contributed by atoms with Crippen LogP contribution in [0.15, 0.2) is 0 Å². The van der Waals surface area contributed by atoms with Gasteiger partial charge >= 0.3 is 0 Å². The number of carbonyl (C=O) groups excluding carboxylic acids is 1. The Morgan fingerprint density at radius 3 is 2.70 bits per heavy atom. The van der Waals surface area contributed by atoms with Gasteiger partial charge in [-0.1, -0.05) is 0 Å². The van der Waals surface area contributed by atoms with Crippen LogP contribution < -0.4 is 5.73 Å². The molecule has 0 bridgehead atoms. The van der Waals surface area contributed by atoms with Gasteiger partial charge in [0.25, 0.3) is 0 Å². The maximum absolute atomic E-state index is 12.4. The highest BCUT2D eigenvalue weighted by atomic mass is 16.2. The summed E-state index contributed by atoms with van der Waals surface area (Å²) in [5.74, 6) is 0.482. The summed E-state index contributed by atoms with van der Waals surface area (Å²) < 4.78 is 3.49. The average Bonchev–Trinajstić information content (AvgIpc) is 2.90. The van der Waals surface area contributed by atoms with Crippen LogP contribution in [0.25, 0.3) is 11.2 Å². The number of fused-ring (bicyclic) bond motifs is 1. The monoisotopic (exact) mass is 276 g/mol. The number of nitrogens with zero attached hydrogens (tertiary/aromatic N) is 5. The SMILES string of the molecule is Cc1nn(C)c2c1nc(N)n2CC(=O)N1CCCCC1. The molecule has 1 saturated heterocycles. The molecular formula is C13H20N6O. The average molecular weight is 276 g/mol. The van der Waals surface area contributed by atoms with Crippen LogP contribution in [0.2, 0.25) is 0 Å². The zero-order valence-electron chi connectivity index (χ0n) is 12.0. The number of amides is 1. The third-order valence-corrected chi connectivity index (χ3v) is 3.92. The highest BCUT2D eigenvalue weighted by molar-refractivity contribution is 5.82. The van der Waals surface area contributed by atoms with Gasteiger partial charge in [0, 0.05) is 20.1 Å². The maximum atomic E-state index is 12.4. The van der Waals surface area contributed by atoms with Gasteiger partial charge in [0.1, 0.15) is 12.1 Å². The lowest BCUT2D eigenvalue weighted by molar-refractivity contribution is -0.132. The highest BCUT2D eigenvalue weighted by Crippen LogP contribution is 2.20. The fraction of sp³-hybridized carbons (Fsp3) is 0.615. The number of nitrogen functional groups attached to an aromatic ring is 1. The summed E-state index contributed by atoms with van der Waals surface area (Å²) in [5, 5.41) is 4.32. The van der Waals surface area contributed by atoms with Crippen molar-refractivity contribution in [2.45, 2.75) is 32.7 Å². The molecule has 1 amide bonds. The number of anilines is 1. The number of hydrogen-bond acceptors (Lipinski definition) is 4. The molecule has 2 aromatic rings. The number of imidazole rings is 1. The zero-order valence-corrected chi connectivity index (χ0v) is 12.0. The van der Waals surface area contributed by atoms with Crippen LogP contribution in [-0.4, -0.2) is 43.2 Å². The molecule has 1 fully saturated rings. The first-order valence-corrected chi connectivity index (χ1v) is 7.01. The molecule has 3 heterocycles. The number of aromatic nitrogens is 4. The molecule has 1 aliphatic rings. The molecule has 7 nitrogen and oxygen atoms in total. The summed E-state index contributed by atoms with van der Waals surface area (Å²) in [6.45, 7) is 3.83. The van der Waals surface area contributed by atoms with E-state index in [9.17, 15) is 4.79 Å². The molecule has 2 N–H and O–H groups in total. The lowest BCUT2D eigenvalue weighted by Gasteiger charge is -2.27. The maximum Gasteiger partial charge on any atom is 0.242 e. The standard InChI is InChI=1S/C13H20N6O/c1-9-11-12(17(2)16-9)19(13(14)15-11)8-10(20)18-6-4-3-5-7-18/h3-8H2,1-2H3,(H2,14,15). The molecule has 0 atom stereocenters. The predicted octanol–water partition coefficient (Wildman–Crippen LogP) is 0.673. The molecule has 0 radical (unpaired) electrons. The van der Waals surface area contributed by atoms with Crippen molar-refractivity contribution in [3.05, 3.63) is 5.69 Å². The Morgan fingerprint density at radius 2 is 2.00 bits per heavy atom. The van der Waals surface area contributed by atoms with Crippen molar-refractivity contribution in [2.24, 2.45) is 7.05 Å². The fourth-order valence-electron chi connectivity index (χ4n) is 2.89. The first kappa shape index (κ1) is 13.0. The van der Waals surface area contributed by atoms with E-state index in [1.54, 1.807) is 9.25 Å². The molecular weight excluding hydrogens is 256 g/mol. The van der Waals surface area contributed by atoms with Gasteiger partial charge in [0.2, 0.25) is 11.9 Å². The Labute approximate surface area is 117 Å². The fourth-order valence-corrected chi connectivity index (χ4v) is 2.89. The van der Waals surface area contributed by atoms with Gasteiger partial charge in [-0.15, -0.1) is 0 Å². The van der Waals surface area contributed by atoms with Crippen LogP contribution in [0.1, 0.15) is 25.0 Å². The summed E-state index contributed by atoms with van der Waals surface area (Å²) in [5.41, 5.74) is 8.37. The quantitative estimate of drug-likeness (QED) is 0.874. The van der Waals surface area contributed by atoms with Gasteiger partial charge in [-0.05, 0) is 26.2 Å². The Balaban J connectivity index is 1.90. The number of piperidine rings is 1. The Kier molecular flexibility index (Phi) is 3.11. The molecule has 0 spiro atoms. The third-order valence-electron chi connectivity index (χ3n) is 3.92. The van der Waals surface area contributed by atoms with Gasteiger partial charge in [-0.25, -0.2) is 4.98 Å².